The zero-order valence-corrected chi connectivity index (χ0v) is 17.9. The van der Waals surface area contributed by atoms with Crippen molar-refractivity contribution in [3.8, 4) is 0 Å². The molecule has 5 rings (SSSR count). The Morgan fingerprint density at radius 2 is 1.67 bits per heavy atom. The number of sulfonamides is 1. The van der Waals surface area contributed by atoms with Crippen LogP contribution in [-0.2, 0) is 21.2 Å². The van der Waals surface area contributed by atoms with Crippen LogP contribution in [0.2, 0.25) is 0 Å². The van der Waals surface area contributed by atoms with Gasteiger partial charge in [-0.2, -0.15) is 4.31 Å². The van der Waals surface area contributed by atoms with Crippen molar-refractivity contribution in [2.45, 2.75) is 36.5 Å². The van der Waals surface area contributed by atoms with Crippen LogP contribution in [0.1, 0.15) is 36.3 Å². The molecule has 1 amide bonds. The third kappa shape index (κ3) is 3.46. The topological polar surface area (TPSA) is 57.7 Å². The molecule has 2 fully saturated rings. The summed E-state index contributed by atoms with van der Waals surface area (Å²) in [4.78, 5) is 15.7. The Kier molecular flexibility index (Phi) is 5.15. The standard InChI is InChI=1S/C24H28N2O3S/c27-24(25-15-19-13-12-18-7-4-5-11-22(18)23(19)17-25)20-8-6-14-26(16-20)30(28,29)21-9-2-1-3-10-21/h1-5,7,9-11,19-20,23H,6,8,12-17H2. The molecular weight excluding hydrogens is 396 g/mol. The molecule has 2 aromatic carbocycles. The summed E-state index contributed by atoms with van der Waals surface area (Å²) in [5, 5.41) is 0. The fraction of sp³-hybridized carbons (Fsp3) is 0.458. The van der Waals surface area contributed by atoms with Gasteiger partial charge in [0.2, 0.25) is 15.9 Å². The number of benzene rings is 2. The predicted molar refractivity (Wildman–Crippen MR) is 115 cm³/mol. The number of carbonyl (C=O) groups excluding carboxylic acids is 1. The maximum Gasteiger partial charge on any atom is 0.243 e. The zero-order chi connectivity index (χ0) is 20.7. The lowest BCUT2D eigenvalue weighted by molar-refractivity contribution is -0.135. The molecule has 30 heavy (non-hydrogen) atoms. The number of hydrogen-bond donors (Lipinski definition) is 0. The minimum Gasteiger partial charge on any atom is -0.341 e. The van der Waals surface area contributed by atoms with E-state index in [1.165, 1.54) is 15.4 Å². The molecule has 2 saturated heterocycles. The van der Waals surface area contributed by atoms with Crippen molar-refractivity contribution in [3.05, 3.63) is 65.7 Å². The summed E-state index contributed by atoms with van der Waals surface area (Å²) in [5.74, 6) is 0.839. The van der Waals surface area contributed by atoms with Crippen molar-refractivity contribution < 1.29 is 13.2 Å². The number of carbonyl (C=O) groups is 1. The molecule has 0 bridgehead atoms. The van der Waals surface area contributed by atoms with Gasteiger partial charge in [-0.3, -0.25) is 4.79 Å². The highest BCUT2D eigenvalue weighted by atomic mass is 32.2. The first-order chi connectivity index (χ1) is 14.5. The lowest BCUT2D eigenvalue weighted by Gasteiger charge is -2.33. The predicted octanol–water partition coefficient (Wildman–Crippen LogP) is 3.28. The zero-order valence-electron chi connectivity index (χ0n) is 17.1. The van der Waals surface area contributed by atoms with Gasteiger partial charge in [0.25, 0.3) is 0 Å². The molecule has 158 valence electrons. The molecule has 0 N–H and O–H groups in total. The second-order valence-electron chi connectivity index (χ2n) is 8.86. The van der Waals surface area contributed by atoms with E-state index >= 15 is 0 Å². The van der Waals surface area contributed by atoms with Crippen LogP contribution in [0.5, 0.6) is 0 Å². The van der Waals surface area contributed by atoms with Crippen LogP contribution in [-0.4, -0.2) is 49.7 Å². The normalized spacial score (nSPS) is 26.8. The Labute approximate surface area is 178 Å². The lowest BCUT2D eigenvalue weighted by Crippen LogP contribution is -2.46. The number of amides is 1. The molecule has 2 aliphatic heterocycles. The van der Waals surface area contributed by atoms with E-state index < -0.39 is 10.0 Å². The molecule has 0 saturated carbocycles. The van der Waals surface area contributed by atoms with E-state index in [2.05, 4.69) is 24.3 Å². The highest BCUT2D eigenvalue weighted by molar-refractivity contribution is 7.89. The number of nitrogens with zero attached hydrogens (tertiary/aromatic N) is 2. The minimum absolute atomic E-state index is 0.134. The average Bonchev–Trinajstić information content (AvgIpc) is 3.24. The molecule has 0 aromatic heterocycles. The third-order valence-corrected chi connectivity index (χ3v) is 8.99. The summed E-state index contributed by atoms with van der Waals surface area (Å²) < 4.78 is 27.5. The van der Waals surface area contributed by atoms with Gasteiger partial charge in [0, 0.05) is 32.1 Å². The largest absolute Gasteiger partial charge is 0.341 e. The SMILES string of the molecule is O=C(C1CCCN(S(=O)(=O)c2ccccc2)C1)N1CC2CCc3ccccc3C2C1. The van der Waals surface area contributed by atoms with Gasteiger partial charge in [-0.1, -0.05) is 42.5 Å². The summed E-state index contributed by atoms with van der Waals surface area (Å²) in [6.07, 6.45) is 3.71. The number of piperidine rings is 1. The first-order valence-corrected chi connectivity index (χ1v) is 12.4. The molecule has 3 atom stereocenters. The Bertz CT molecular complexity index is 1040. The molecule has 6 heteroatoms. The Hall–Kier alpha value is -2.18. The Balaban J connectivity index is 1.30. The van der Waals surface area contributed by atoms with E-state index in [-0.39, 0.29) is 11.8 Å². The van der Waals surface area contributed by atoms with E-state index in [1.54, 1.807) is 24.3 Å². The third-order valence-electron chi connectivity index (χ3n) is 7.11. The van der Waals surface area contributed by atoms with Gasteiger partial charge in [0.05, 0.1) is 10.8 Å². The smallest absolute Gasteiger partial charge is 0.243 e. The van der Waals surface area contributed by atoms with Crippen LogP contribution in [0.3, 0.4) is 0 Å². The molecule has 5 nitrogen and oxygen atoms in total. The highest BCUT2D eigenvalue weighted by Gasteiger charge is 2.42. The lowest BCUT2D eigenvalue weighted by atomic mass is 9.77. The first kappa shape index (κ1) is 19.8. The molecule has 1 aliphatic carbocycles. The number of likely N-dealkylation sites (tertiary alicyclic amines) is 1. The van der Waals surface area contributed by atoms with E-state index in [1.807, 2.05) is 11.0 Å². The molecular formula is C24H28N2O3S. The van der Waals surface area contributed by atoms with Crippen molar-refractivity contribution in [1.29, 1.82) is 0 Å². The van der Waals surface area contributed by atoms with Gasteiger partial charge in [0.15, 0.2) is 0 Å². The van der Waals surface area contributed by atoms with Gasteiger partial charge >= 0.3 is 0 Å². The monoisotopic (exact) mass is 424 g/mol. The Morgan fingerprint density at radius 3 is 2.50 bits per heavy atom. The van der Waals surface area contributed by atoms with Gasteiger partial charge in [-0.15, -0.1) is 0 Å². The molecule has 3 unspecified atom stereocenters. The molecule has 3 aliphatic rings. The second kappa shape index (κ2) is 7.82. The van der Waals surface area contributed by atoms with E-state index in [9.17, 15) is 13.2 Å². The van der Waals surface area contributed by atoms with Gasteiger partial charge in [0.1, 0.15) is 0 Å². The molecule has 2 heterocycles. The van der Waals surface area contributed by atoms with Crippen molar-refractivity contribution in [2.24, 2.45) is 11.8 Å². The summed E-state index contributed by atoms with van der Waals surface area (Å²) in [5.41, 5.74) is 2.83. The van der Waals surface area contributed by atoms with Gasteiger partial charge in [-0.25, -0.2) is 8.42 Å². The van der Waals surface area contributed by atoms with Gasteiger partial charge < -0.3 is 4.90 Å². The van der Waals surface area contributed by atoms with Crippen molar-refractivity contribution in [1.82, 2.24) is 9.21 Å². The van der Waals surface area contributed by atoms with E-state index in [4.69, 9.17) is 0 Å². The van der Waals surface area contributed by atoms with E-state index in [0.29, 0.717) is 29.8 Å². The van der Waals surface area contributed by atoms with Crippen molar-refractivity contribution in [3.63, 3.8) is 0 Å². The maximum atomic E-state index is 13.4. The van der Waals surface area contributed by atoms with Crippen LogP contribution in [0, 0.1) is 11.8 Å². The summed E-state index contributed by atoms with van der Waals surface area (Å²) in [6, 6.07) is 17.2. The average molecular weight is 425 g/mol. The van der Waals surface area contributed by atoms with E-state index in [0.717, 1.165) is 38.8 Å². The van der Waals surface area contributed by atoms with Crippen molar-refractivity contribution in [2.75, 3.05) is 26.2 Å². The number of rotatable bonds is 3. The first-order valence-electron chi connectivity index (χ1n) is 11.0. The van der Waals surface area contributed by atoms with Crippen LogP contribution in [0.15, 0.2) is 59.5 Å². The highest BCUT2D eigenvalue weighted by Crippen LogP contribution is 2.42. The molecule has 0 spiro atoms. The van der Waals surface area contributed by atoms with Crippen LogP contribution >= 0.6 is 0 Å². The minimum atomic E-state index is -3.55. The fourth-order valence-corrected chi connectivity index (χ4v) is 7.07. The molecule has 2 aromatic rings. The van der Waals surface area contributed by atoms with Crippen LogP contribution in [0.4, 0.5) is 0 Å². The summed E-state index contributed by atoms with van der Waals surface area (Å²) in [7, 11) is -3.55. The number of fused-ring (bicyclic) bond motifs is 3. The Morgan fingerprint density at radius 1 is 0.900 bits per heavy atom. The number of hydrogen-bond acceptors (Lipinski definition) is 3. The van der Waals surface area contributed by atoms with Crippen LogP contribution < -0.4 is 0 Å². The second-order valence-corrected chi connectivity index (χ2v) is 10.8. The molecule has 0 radical (unpaired) electrons. The quantitative estimate of drug-likeness (QED) is 0.760. The fourth-order valence-electron chi connectivity index (χ4n) is 5.52. The number of aryl methyl sites for hydroxylation is 1. The maximum absolute atomic E-state index is 13.4. The summed E-state index contributed by atoms with van der Waals surface area (Å²) >= 11 is 0. The van der Waals surface area contributed by atoms with Crippen LogP contribution in [0.25, 0.3) is 0 Å². The summed E-state index contributed by atoms with van der Waals surface area (Å²) in [6.45, 7) is 2.35. The van der Waals surface area contributed by atoms with Crippen molar-refractivity contribution >= 4 is 15.9 Å². The van der Waals surface area contributed by atoms with Gasteiger partial charge in [-0.05, 0) is 54.9 Å².